The minimum atomic E-state index is -0.0849. The zero-order valence-electron chi connectivity index (χ0n) is 11.0. The molecule has 5 heteroatoms. The fraction of sp³-hybridized carbons (Fsp3) is 0.333. The minimum absolute atomic E-state index is 0.0849. The van der Waals surface area contributed by atoms with Gasteiger partial charge in [0.2, 0.25) is 5.76 Å². The van der Waals surface area contributed by atoms with Crippen molar-refractivity contribution in [1.29, 1.82) is 0 Å². The summed E-state index contributed by atoms with van der Waals surface area (Å²) in [6.07, 6.45) is 3.59. The first kappa shape index (κ1) is 11.5. The van der Waals surface area contributed by atoms with Gasteiger partial charge in [0.1, 0.15) is 0 Å². The van der Waals surface area contributed by atoms with Crippen LogP contribution < -0.4 is 10.2 Å². The van der Waals surface area contributed by atoms with Crippen molar-refractivity contribution in [3.63, 3.8) is 0 Å². The second-order valence-corrected chi connectivity index (χ2v) is 5.24. The van der Waals surface area contributed by atoms with Crippen molar-refractivity contribution >= 4 is 17.3 Å². The number of amides is 1. The monoisotopic (exact) mass is 269 g/mol. The fourth-order valence-electron chi connectivity index (χ4n) is 2.68. The van der Waals surface area contributed by atoms with Gasteiger partial charge in [-0.2, -0.15) is 0 Å². The number of benzene rings is 1. The molecule has 1 aromatic carbocycles. The number of oxazole rings is 1. The Hall–Kier alpha value is -2.30. The third-order valence-electron chi connectivity index (χ3n) is 3.84. The van der Waals surface area contributed by atoms with Crippen LogP contribution in [0.4, 0.5) is 11.4 Å². The summed E-state index contributed by atoms with van der Waals surface area (Å²) < 4.78 is 5.37. The first-order chi connectivity index (χ1) is 9.84. The molecule has 0 bridgehead atoms. The number of para-hydroxylation sites is 2. The van der Waals surface area contributed by atoms with Gasteiger partial charge in [-0.25, -0.2) is 4.98 Å². The van der Waals surface area contributed by atoms with Crippen molar-refractivity contribution in [3.05, 3.63) is 42.1 Å². The second-order valence-electron chi connectivity index (χ2n) is 5.24. The number of fused-ring (bicyclic) bond motifs is 1. The molecule has 0 atom stereocenters. The van der Waals surface area contributed by atoms with E-state index in [9.17, 15) is 4.79 Å². The average Bonchev–Trinajstić information content (AvgIpc) is 3.23. The molecule has 1 amide bonds. The summed E-state index contributed by atoms with van der Waals surface area (Å²) in [7, 11) is 0. The average molecular weight is 269 g/mol. The highest BCUT2D eigenvalue weighted by Gasteiger charge is 2.34. The van der Waals surface area contributed by atoms with E-state index in [2.05, 4.69) is 10.3 Å². The Kier molecular flexibility index (Phi) is 2.52. The van der Waals surface area contributed by atoms with Crippen LogP contribution in [-0.4, -0.2) is 24.0 Å². The molecule has 5 nitrogen and oxygen atoms in total. The number of hydrogen-bond donors (Lipinski definition) is 1. The number of carbonyl (C=O) groups is 1. The lowest BCUT2D eigenvalue weighted by molar-refractivity contribution is 0.0959. The van der Waals surface area contributed by atoms with Crippen LogP contribution in [0.1, 0.15) is 35.0 Å². The van der Waals surface area contributed by atoms with Gasteiger partial charge in [0.05, 0.1) is 17.1 Å². The molecule has 0 radical (unpaired) electrons. The molecular weight excluding hydrogens is 254 g/mol. The maximum atomic E-state index is 12.7. The molecule has 2 aromatic rings. The predicted molar refractivity (Wildman–Crippen MR) is 75.1 cm³/mol. The molecule has 4 rings (SSSR count). The Morgan fingerprint density at radius 2 is 2.20 bits per heavy atom. The first-order valence-electron chi connectivity index (χ1n) is 6.93. The number of aromatic nitrogens is 1. The molecular formula is C15H15N3O2. The van der Waals surface area contributed by atoms with Crippen LogP contribution in [0.5, 0.6) is 0 Å². The number of nitrogens with one attached hydrogen (secondary N) is 1. The number of carbonyl (C=O) groups excluding carboxylic acids is 1. The van der Waals surface area contributed by atoms with Crippen molar-refractivity contribution in [3.8, 4) is 0 Å². The van der Waals surface area contributed by atoms with E-state index in [1.165, 1.54) is 6.39 Å². The van der Waals surface area contributed by atoms with E-state index < -0.39 is 0 Å². The second kappa shape index (κ2) is 4.37. The van der Waals surface area contributed by atoms with Crippen molar-refractivity contribution in [2.75, 3.05) is 23.3 Å². The number of rotatable bonds is 2. The van der Waals surface area contributed by atoms with Crippen molar-refractivity contribution in [2.45, 2.75) is 18.8 Å². The van der Waals surface area contributed by atoms with Crippen molar-refractivity contribution < 1.29 is 9.21 Å². The van der Waals surface area contributed by atoms with Crippen molar-refractivity contribution in [2.24, 2.45) is 0 Å². The molecule has 0 spiro atoms. The van der Waals surface area contributed by atoms with Gasteiger partial charge < -0.3 is 14.6 Å². The molecule has 0 saturated heterocycles. The molecule has 0 unspecified atom stereocenters. The third kappa shape index (κ3) is 1.78. The largest absolute Gasteiger partial charge is 0.438 e. The Balaban J connectivity index is 1.71. The number of hydrogen-bond acceptors (Lipinski definition) is 4. The van der Waals surface area contributed by atoms with Crippen LogP contribution in [0.15, 0.2) is 35.1 Å². The Bertz CT molecular complexity index is 661. The lowest BCUT2D eigenvalue weighted by Gasteiger charge is -2.29. The third-order valence-corrected chi connectivity index (χ3v) is 3.84. The molecule has 102 valence electrons. The van der Waals surface area contributed by atoms with Gasteiger partial charge in [-0.05, 0) is 25.0 Å². The summed E-state index contributed by atoms with van der Waals surface area (Å²) in [5.41, 5.74) is 2.72. The molecule has 1 aliphatic carbocycles. The normalized spacial score (nSPS) is 17.5. The summed E-state index contributed by atoms with van der Waals surface area (Å²) in [4.78, 5) is 18.7. The molecule has 1 aliphatic heterocycles. The van der Waals surface area contributed by atoms with E-state index in [0.29, 0.717) is 18.2 Å². The van der Waals surface area contributed by atoms with Gasteiger partial charge in [0, 0.05) is 19.0 Å². The number of anilines is 2. The van der Waals surface area contributed by atoms with E-state index in [1.807, 2.05) is 24.3 Å². The standard InChI is InChI=1S/C15H15N3O2/c19-15(14-13(10-5-6-10)17-9-20-14)18-8-7-16-11-3-1-2-4-12(11)18/h1-4,9-10,16H,5-8H2. The fourth-order valence-corrected chi connectivity index (χ4v) is 2.68. The summed E-state index contributed by atoms with van der Waals surface area (Å²) >= 11 is 0. The highest BCUT2D eigenvalue weighted by molar-refractivity contribution is 6.07. The van der Waals surface area contributed by atoms with Crippen LogP contribution >= 0.6 is 0 Å². The SMILES string of the molecule is O=C(c1ocnc1C1CC1)N1CCNc2ccccc21. The van der Waals surface area contributed by atoms with E-state index >= 15 is 0 Å². The molecule has 1 N–H and O–H groups in total. The van der Waals surface area contributed by atoms with Gasteiger partial charge in [-0.3, -0.25) is 4.79 Å². The van der Waals surface area contributed by atoms with Crippen molar-refractivity contribution in [1.82, 2.24) is 4.98 Å². The molecule has 1 saturated carbocycles. The summed E-state index contributed by atoms with van der Waals surface area (Å²) in [6.45, 7) is 1.39. The molecule has 1 aromatic heterocycles. The number of nitrogens with zero attached hydrogens (tertiary/aromatic N) is 2. The Morgan fingerprint density at radius 1 is 1.35 bits per heavy atom. The predicted octanol–water partition coefficient (Wildman–Crippen LogP) is 2.62. The van der Waals surface area contributed by atoms with Gasteiger partial charge in [0.15, 0.2) is 6.39 Å². The molecule has 2 heterocycles. The van der Waals surface area contributed by atoms with Crippen LogP contribution in [0.2, 0.25) is 0 Å². The highest BCUT2D eigenvalue weighted by atomic mass is 16.3. The van der Waals surface area contributed by atoms with E-state index in [4.69, 9.17) is 4.42 Å². The smallest absolute Gasteiger partial charge is 0.296 e. The van der Waals surface area contributed by atoms with E-state index in [0.717, 1.165) is 36.5 Å². The lowest BCUT2D eigenvalue weighted by atomic mass is 10.1. The maximum absolute atomic E-state index is 12.7. The van der Waals surface area contributed by atoms with Gasteiger partial charge in [0.25, 0.3) is 5.91 Å². The first-order valence-corrected chi connectivity index (χ1v) is 6.93. The maximum Gasteiger partial charge on any atom is 0.296 e. The molecule has 2 aliphatic rings. The lowest BCUT2D eigenvalue weighted by Crippen LogP contribution is -2.39. The van der Waals surface area contributed by atoms with Crippen LogP contribution in [0.3, 0.4) is 0 Å². The summed E-state index contributed by atoms with van der Waals surface area (Å²) in [5, 5.41) is 3.30. The van der Waals surface area contributed by atoms with Crippen LogP contribution in [0, 0.1) is 0 Å². The quantitative estimate of drug-likeness (QED) is 0.910. The zero-order chi connectivity index (χ0) is 13.5. The molecule has 20 heavy (non-hydrogen) atoms. The van der Waals surface area contributed by atoms with Crippen LogP contribution in [0.25, 0.3) is 0 Å². The summed E-state index contributed by atoms with van der Waals surface area (Å²) in [5.74, 6) is 0.730. The van der Waals surface area contributed by atoms with Crippen LogP contribution in [-0.2, 0) is 0 Å². The Labute approximate surface area is 116 Å². The Morgan fingerprint density at radius 3 is 3.05 bits per heavy atom. The highest BCUT2D eigenvalue weighted by Crippen LogP contribution is 2.41. The minimum Gasteiger partial charge on any atom is -0.438 e. The van der Waals surface area contributed by atoms with Gasteiger partial charge in [-0.15, -0.1) is 0 Å². The zero-order valence-corrected chi connectivity index (χ0v) is 11.0. The van der Waals surface area contributed by atoms with Gasteiger partial charge in [-0.1, -0.05) is 12.1 Å². The van der Waals surface area contributed by atoms with Gasteiger partial charge >= 0.3 is 0 Å². The topological polar surface area (TPSA) is 58.4 Å². The molecule has 1 fully saturated rings. The van der Waals surface area contributed by atoms with E-state index in [-0.39, 0.29) is 5.91 Å². The van der Waals surface area contributed by atoms with E-state index in [1.54, 1.807) is 4.90 Å². The summed E-state index contributed by atoms with van der Waals surface area (Å²) in [6, 6.07) is 7.84.